The maximum absolute atomic E-state index is 12.1. The molecule has 8 nitrogen and oxygen atoms in total. The lowest BCUT2D eigenvalue weighted by atomic mass is 10.3. The topological polar surface area (TPSA) is 121 Å². The van der Waals surface area contributed by atoms with Crippen LogP contribution in [0.25, 0.3) is 0 Å². The van der Waals surface area contributed by atoms with Crippen molar-refractivity contribution in [2.45, 2.75) is 16.4 Å². The Hall–Kier alpha value is -0.780. The summed E-state index contributed by atoms with van der Waals surface area (Å²) < 4.78 is 24.6. The number of β-amino-alcohol motifs (C(OH)–C–C–N with tert-alkyl or cyclic N) is 2. The number of thiophene rings is 1. The zero-order chi connectivity index (χ0) is 14.4. The van der Waals surface area contributed by atoms with E-state index in [2.05, 4.69) is 0 Å². The Morgan fingerprint density at radius 3 is 2.37 bits per heavy atom. The minimum atomic E-state index is -4.00. The molecule has 1 aliphatic rings. The summed E-state index contributed by atoms with van der Waals surface area (Å²) in [6, 6.07) is 0.874. The Morgan fingerprint density at radius 2 is 1.95 bits per heavy atom. The van der Waals surface area contributed by atoms with E-state index in [0.717, 1.165) is 10.4 Å². The molecule has 0 amide bonds. The molecule has 1 saturated heterocycles. The summed E-state index contributed by atoms with van der Waals surface area (Å²) in [7, 11) is -4.00. The van der Waals surface area contributed by atoms with Crippen LogP contribution in [0, 0.1) is 10.1 Å². The number of rotatable bonds is 3. The van der Waals surface area contributed by atoms with Gasteiger partial charge in [-0.2, -0.15) is 4.31 Å². The van der Waals surface area contributed by atoms with Gasteiger partial charge in [-0.1, -0.05) is 11.6 Å². The van der Waals surface area contributed by atoms with E-state index in [1.54, 1.807) is 0 Å². The molecular formula is C8H9ClN2O6S2. The fourth-order valence-corrected chi connectivity index (χ4v) is 4.94. The van der Waals surface area contributed by atoms with E-state index in [9.17, 15) is 28.7 Å². The van der Waals surface area contributed by atoms with Crippen molar-refractivity contribution in [1.82, 2.24) is 4.31 Å². The number of aliphatic hydroxyl groups excluding tert-OH is 2. The van der Waals surface area contributed by atoms with Gasteiger partial charge in [-0.3, -0.25) is 10.1 Å². The third-order valence-electron chi connectivity index (χ3n) is 2.66. The van der Waals surface area contributed by atoms with E-state index < -0.39 is 32.8 Å². The van der Waals surface area contributed by atoms with Gasteiger partial charge in [0.15, 0.2) is 4.34 Å². The van der Waals surface area contributed by atoms with Crippen LogP contribution in [0.5, 0.6) is 0 Å². The van der Waals surface area contributed by atoms with Crippen LogP contribution >= 0.6 is 22.9 Å². The van der Waals surface area contributed by atoms with Crippen molar-refractivity contribution in [3.8, 4) is 0 Å². The Labute approximate surface area is 117 Å². The Kier molecular flexibility index (Phi) is 3.82. The average molecular weight is 329 g/mol. The van der Waals surface area contributed by atoms with Gasteiger partial charge >= 0.3 is 0 Å². The van der Waals surface area contributed by atoms with Gasteiger partial charge in [0.1, 0.15) is 4.21 Å². The number of nitrogens with zero attached hydrogens (tertiary/aromatic N) is 2. The molecule has 0 bridgehead atoms. The molecule has 0 aliphatic carbocycles. The standard InChI is InChI=1S/C8H9ClN2O6S2/c9-8-4(11(14)15)1-7(18-8)19(16,17)10-2-5(12)6(13)3-10/h1,5-6,12-13H,2-3H2. The lowest BCUT2D eigenvalue weighted by Gasteiger charge is -2.13. The smallest absolute Gasteiger partial charge is 0.300 e. The molecule has 11 heteroatoms. The van der Waals surface area contributed by atoms with E-state index in [-0.39, 0.29) is 21.6 Å². The molecule has 1 aromatic heterocycles. The third kappa shape index (κ3) is 2.59. The van der Waals surface area contributed by atoms with Gasteiger partial charge in [0, 0.05) is 19.2 Å². The van der Waals surface area contributed by atoms with Gasteiger partial charge in [-0.15, -0.1) is 11.3 Å². The van der Waals surface area contributed by atoms with Crippen LogP contribution < -0.4 is 0 Å². The fourth-order valence-electron chi connectivity index (χ4n) is 1.65. The van der Waals surface area contributed by atoms with Gasteiger partial charge in [0.05, 0.1) is 17.1 Å². The van der Waals surface area contributed by atoms with Crippen molar-refractivity contribution >= 4 is 38.6 Å². The first-order chi connectivity index (χ1) is 8.73. The van der Waals surface area contributed by atoms with Crippen LogP contribution in [-0.4, -0.2) is 53.2 Å². The molecule has 2 heterocycles. The molecule has 2 atom stereocenters. The van der Waals surface area contributed by atoms with Crippen LogP contribution in [0.4, 0.5) is 5.69 Å². The van der Waals surface area contributed by atoms with Crippen LogP contribution in [0.2, 0.25) is 4.34 Å². The Balaban J connectivity index is 2.35. The van der Waals surface area contributed by atoms with E-state index in [1.165, 1.54) is 0 Å². The van der Waals surface area contributed by atoms with Crippen molar-refractivity contribution in [3.05, 3.63) is 20.5 Å². The number of aliphatic hydroxyl groups is 2. The van der Waals surface area contributed by atoms with E-state index in [0.29, 0.717) is 11.3 Å². The molecule has 2 unspecified atom stereocenters. The van der Waals surface area contributed by atoms with Gasteiger partial charge in [-0.25, -0.2) is 8.42 Å². The maximum Gasteiger partial charge on any atom is 0.300 e. The lowest BCUT2D eigenvalue weighted by Crippen LogP contribution is -2.29. The van der Waals surface area contributed by atoms with Gasteiger partial charge in [0.2, 0.25) is 0 Å². The van der Waals surface area contributed by atoms with Crippen molar-refractivity contribution in [2.24, 2.45) is 0 Å². The third-order valence-corrected chi connectivity index (χ3v) is 6.28. The van der Waals surface area contributed by atoms with Crippen LogP contribution in [0.15, 0.2) is 10.3 Å². The van der Waals surface area contributed by atoms with E-state index >= 15 is 0 Å². The number of nitro groups is 1. The molecule has 0 spiro atoms. The van der Waals surface area contributed by atoms with Crippen LogP contribution in [-0.2, 0) is 10.0 Å². The molecule has 0 radical (unpaired) electrons. The summed E-state index contributed by atoms with van der Waals surface area (Å²) >= 11 is 6.17. The highest BCUT2D eigenvalue weighted by Crippen LogP contribution is 2.38. The average Bonchev–Trinajstić information content (AvgIpc) is 2.84. The summed E-state index contributed by atoms with van der Waals surface area (Å²) in [6.45, 7) is -0.514. The maximum atomic E-state index is 12.1. The van der Waals surface area contributed by atoms with Gasteiger partial charge in [-0.05, 0) is 0 Å². The highest BCUT2D eigenvalue weighted by molar-refractivity contribution is 7.91. The summed E-state index contributed by atoms with van der Waals surface area (Å²) in [4.78, 5) is 9.85. The largest absolute Gasteiger partial charge is 0.389 e. The first-order valence-electron chi connectivity index (χ1n) is 5.03. The first-order valence-corrected chi connectivity index (χ1v) is 7.67. The van der Waals surface area contributed by atoms with Crippen molar-refractivity contribution in [3.63, 3.8) is 0 Å². The minimum absolute atomic E-state index is 0.233. The van der Waals surface area contributed by atoms with Crippen molar-refractivity contribution in [1.29, 1.82) is 0 Å². The molecule has 0 aromatic carbocycles. The predicted molar refractivity (Wildman–Crippen MR) is 66.8 cm³/mol. The van der Waals surface area contributed by atoms with Gasteiger partial charge < -0.3 is 10.2 Å². The molecular weight excluding hydrogens is 320 g/mol. The molecule has 1 fully saturated rings. The number of hydrogen-bond donors (Lipinski definition) is 2. The summed E-state index contributed by atoms with van der Waals surface area (Å²) in [5, 5.41) is 29.3. The van der Waals surface area contributed by atoms with Crippen LogP contribution in [0.1, 0.15) is 0 Å². The van der Waals surface area contributed by atoms with Crippen LogP contribution in [0.3, 0.4) is 0 Å². The number of sulfonamides is 1. The molecule has 2 rings (SSSR count). The van der Waals surface area contributed by atoms with Gasteiger partial charge in [0.25, 0.3) is 15.7 Å². The molecule has 1 aliphatic heterocycles. The highest BCUT2D eigenvalue weighted by atomic mass is 35.5. The normalized spacial score (nSPS) is 24.8. The Morgan fingerprint density at radius 1 is 1.42 bits per heavy atom. The molecule has 1 aromatic rings. The minimum Gasteiger partial charge on any atom is -0.389 e. The molecule has 106 valence electrons. The quantitative estimate of drug-likeness (QED) is 0.596. The molecule has 19 heavy (non-hydrogen) atoms. The lowest BCUT2D eigenvalue weighted by molar-refractivity contribution is -0.384. The summed E-state index contributed by atoms with van der Waals surface area (Å²) in [6.07, 6.45) is -2.33. The second kappa shape index (κ2) is 4.96. The summed E-state index contributed by atoms with van der Waals surface area (Å²) in [5.41, 5.74) is -0.481. The SMILES string of the molecule is O=[N+]([O-])c1cc(S(=O)(=O)N2CC(O)C(O)C2)sc1Cl. The number of hydrogen-bond acceptors (Lipinski definition) is 7. The second-order valence-corrected chi connectivity index (χ2v) is 7.76. The molecule has 2 N–H and O–H groups in total. The highest BCUT2D eigenvalue weighted by Gasteiger charge is 2.39. The zero-order valence-electron chi connectivity index (χ0n) is 9.26. The zero-order valence-corrected chi connectivity index (χ0v) is 11.7. The number of halogens is 1. The monoisotopic (exact) mass is 328 g/mol. The molecule has 0 saturated carbocycles. The summed E-state index contributed by atoms with van der Waals surface area (Å²) in [5.74, 6) is 0. The van der Waals surface area contributed by atoms with E-state index in [1.807, 2.05) is 0 Å². The predicted octanol–water partition coefficient (Wildman–Crippen LogP) is 0.0358. The second-order valence-electron chi connectivity index (χ2n) is 3.94. The van der Waals surface area contributed by atoms with E-state index in [4.69, 9.17) is 11.6 Å². The first kappa shape index (κ1) is 14.6. The van der Waals surface area contributed by atoms with Crippen molar-refractivity contribution in [2.75, 3.05) is 13.1 Å². The Bertz CT molecular complexity index is 605. The van der Waals surface area contributed by atoms with Crippen molar-refractivity contribution < 1.29 is 23.6 Å². The fraction of sp³-hybridized carbons (Fsp3) is 0.500.